The normalized spacial score (nSPS) is 17.6. The summed E-state index contributed by atoms with van der Waals surface area (Å²) >= 11 is 1.86. The summed E-state index contributed by atoms with van der Waals surface area (Å²) in [5.74, 6) is 1.52. The van der Waals surface area contributed by atoms with Gasteiger partial charge in [0.15, 0.2) is 0 Å². The van der Waals surface area contributed by atoms with E-state index in [1.807, 2.05) is 29.5 Å². The van der Waals surface area contributed by atoms with Crippen LogP contribution in [-0.4, -0.2) is 9.55 Å². The molecule has 0 bridgehead atoms. The van der Waals surface area contributed by atoms with Gasteiger partial charge in [-0.2, -0.15) is 5.26 Å². The maximum Gasteiger partial charge on any atom is 0.117 e. The van der Waals surface area contributed by atoms with E-state index in [2.05, 4.69) is 29.1 Å². The van der Waals surface area contributed by atoms with Gasteiger partial charge < -0.3 is 4.57 Å². The zero-order valence-electron chi connectivity index (χ0n) is 11.8. The summed E-state index contributed by atoms with van der Waals surface area (Å²) in [4.78, 5) is 6.35. The van der Waals surface area contributed by atoms with Crippen molar-refractivity contribution in [1.82, 2.24) is 9.55 Å². The molecular formula is C17H15N3S. The minimum absolute atomic E-state index is 0.392. The van der Waals surface area contributed by atoms with Crippen LogP contribution in [0.2, 0.25) is 0 Å². The minimum Gasteiger partial charge on any atom is -0.331 e. The number of nitrogens with zero attached hydrogens (tertiary/aromatic N) is 3. The second-order valence-corrected chi connectivity index (χ2v) is 6.59. The third-order valence-electron chi connectivity index (χ3n) is 4.41. The van der Waals surface area contributed by atoms with Gasteiger partial charge in [0.2, 0.25) is 0 Å². The smallest absolute Gasteiger partial charge is 0.117 e. The highest BCUT2D eigenvalue weighted by molar-refractivity contribution is 7.10. The average molecular weight is 293 g/mol. The summed E-state index contributed by atoms with van der Waals surface area (Å²) < 4.78 is 2.19. The highest BCUT2D eigenvalue weighted by atomic mass is 32.1. The molecule has 3 aromatic rings. The number of benzene rings is 1. The van der Waals surface area contributed by atoms with E-state index in [1.165, 1.54) is 23.3 Å². The number of hydrogen-bond acceptors (Lipinski definition) is 3. The SMILES string of the molecule is Cn1c(C2CCCc3sccc32)nc2cc(C#N)ccc21. The number of fused-ring (bicyclic) bond motifs is 2. The van der Waals surface area contributed by atoms with Gasteiger partial charge in [-0.25, -0.2) is 4.98 Å². The molecule has 1 aliphatic carbocycles. The van der Waals surface area contributed by atoms with Crippen LogP contribution in [0.15, 0.2) is 29.6 Å². The summed E-state index contributed by atoms with van der Waals surface area (Å²) in [6, 6.07) is 10.2. The Morgan fingerprint density at radius 2 is 2.29 bits per heavy atom. The van der Waals surface area contributed by atoms with Crippen LogP contribution in [0, 0.1) is 11.3 Å². The topological polar surface area (TPSA) is 41.6 Å². The molecule has 1 atom stereocenters. The first-order valence-corrected chi connectivity index (χ1v) is 8.08. The summed E-state index contributed by atoms with van der Waals surface area (Å²) in [6.45, 7) is 0. The Morgan fingerprint density at radius 1 is 1.38 bits per heavy atom. The van der Waals surface area contributed by atoms with Gasteiger partial charge >= 0.3 is 0 Å². The van der Waals surface area contributed by atoms with E-state index in [9.17, 15) is 0 Å². The number of imidazole rings is 1. The Balaban J connectivity index is 1.89. The van der Waals surface area contributed by atoms with Crippen molar-refractivity contribution >= 4 is 22.4 Å². The van der Waals surface area contributed by atoms with E-state index in [4.69, 9.17) is 10.2 Å². The number of aryl methyl sites for hydroxylation is 2. The van der Waals surface area contributed by atoms with Crippen LogP contribution in [0.25, 0.3) is 11.0 Å². The van der Waals surface area contributed by atoms with Crippen LogP contribution in [0.1, 0.15) is 40.6 Å². The van der Waals surface area contributed by atoms with Crippen molar-refractivity contribution < 1.29 is 0 Å². The van der Waals surface area contributed by atoms with Gasteiger partial charge in [-0.1, -0.05) is 0 Å². The molecule has 4 rings (SSSR count). The van der Waals surface area contributed by atoms with E-state index in [0.717, 1.165) is 23.3 Å². The molecule has 0 saturated carbocycles. The van der Waals surface area contributed by atoms with Gasteiger partial charge in [0.1, 0.15) is 5.82 Å². The van der Waals surface area contributed by atoms with E-state index in [-0.39, 0.29) is 0 Å². The lowest BCUT2D eigenvalue weighted by molar-refractivity contribution is 0.584. The standard InChI is InChI=1S/C17H15N3S/c1-20-15-6-5-11(10-18)9-14(15)19-17(20)13-3-2-4-16-12(13)7-8-21-16/h5-9,13H,2-4H2,1H3. The second kappa shape index (κ2) is 4.71. The van der Waals surface area contributed by atoms with Crippen LogP contribution in [0.5, 0.6) is 0 Å². The molecule has 0 saturated heterocycles. The van der Waals surface area contributed by atoms with E-state index in [0.29, 0.717) is 11.5 Å². The monoisotopic (exact) mass is 293 g/mol. The fourth-order valence-electron chi connectivity index (χ4n) is 3.35. The first kappa shape index (κ1) is 12.6. The van der Waals surface area contributed by atoms with Crippen molar-refractivity contribution in [2.45, 2.75) is 25.2 Å². The van der Waals surface area contributed by atoms with Crippen LogP contribution in [0.3, 0.4) is 0 Å². The molecule has 0 radical (unpaired) electrons. The Bertz CT molecular complexity index is 866. The highest BCUT2D eigenvalue weighted by Gasteiger charge is 2.26. The molecule has 2 aromatic heterocycles. The fraction of sp³-hybridized carbons (Fsp3) is 0.294. The van der Waals surface area contributed by atoms with Crippen LogP contribution < -0.4 is 0 Å². The Kier molecular flexibility index (Phi) is 2.83. The second-order valence-electron chi connectivity index (χ2n) is 5.59. The van der Waals surface area contributed by atoms with Gasteiger partial charge in [-0.3, -0.25) is 0 Å². The summed E-state index contributed by atoms with van der Waals surface area (Å²) in [6.07, 6.45) is 3.59. The molecule has 1 aliphatic rings. The molecule has 4 heteroatoms. The van der Waals surface area contributed by atoms with E-state index in [1.54, 1.807) is 0 Å². The van der Waals surface area contributed by atoms with Gasteiger partial charge in [0.05, 0.1) is 22.7 Å². The number of hydrogen-bond donors (Lipinski definition) is 0. The molecule has 104 valence electrons. The maximum absolute atomic E-state index is 9.04. The lowest BCUT2D eigenvalue weighted by Gasteiger charge is -2.22. The van der Waals surface area contributed by atoms with Crippen molar-refractivity contribution in [3.05, 3.63) is 51.5 Å². The molecule has 1 unspecified atom stereocenters. The Hall–Kier alpha value is -2.12. The van der Waals surface area contributed by atoms with Crippen LogP contribution in [0.4, 0.5) is 0 Å². The molecule has 3 nitrogen and oxygen atoms in total. The molecule has 0 amide bonds. The van der Waals surface area contributed by atoms with Crippen molar-refractivity contribution in [1.29, 1.82) is 5.26 Å². The molecule has 2 heterocycles. The lowest BCUT2D eigenvalue weighted by Crippen LogP contribution is -2.12. The highest BCUT2D eigenvalue weighted by Crippen LogP contribution is 2.39. The first-order chi connectivity index (χ1) is 10.3. The molecular weight excluding hydrogens is 278 g/mol. The molecule has 1 aromatic carbocycles. The maximum atomic E-state index is 9.04. The zero-order valence-corrected chi connectivity index (χ0v) is 12.7. The van der Waals surface area contributed by atoms with Crippen molar-refractivity contribution in [2.24, 2.45) is 7.05 Å². The van der Waals surface area contributed by atoms with Crippen LogP contribution in [-0.2, 0) is 13.5 Å². The number of thiophene rings is 1. The third-order valence-corrected chi connectivity index (χ3v) is 5.40. The molecule has 0 aliphatic heterocycles. The zero-order chi connectivity index (χ0) is 14.4. The third kappa shape index (κ3) is 1.89. The largest absolute Gasteiger partial charge is 0.331 e. The van der Waals surface area contributed by atoms with Gasteiger partial charge in [-0.15, -0.1) is 11.3 Å². The molecule has 0 fully saturated rings. The Labute approximate surface area is 127 Å². The molecule has 0 N–H and O–H groups in total. The molecule has 21 heavy (non-hydrogen) atoms. The van der Waals surface area contributed by atoms with Gasteiger partial charge in [-0.05, 0) is 54.5 Å². The Morgan fingerprint density at radius 3 is 3.14 bits per heavy atom. The molecule has 0 spiro atoms. The first-order valence-electron chi connectivity index (χ1n) is 7.20. The van der Waals surface area contributed by atoms with E-state index < -0.39 is 0 Å². The summed E-state index contributed by atoms with van der Waals surface area (Å²) in [7, 11) is 2.08. The van der Waals surface area contributed by atoms with Crippen molar-refractivity contribution in [3.63, 3.8) is 0 Å². The van der Waals surface area contributed by atoms with Gasteiger partial charge in [0, 0.05) is 17.8 Å². The predicted molar refractivity (Wildman–Crippen MR) is 84.5 cm³/mol. The predicted octanol–water partition coefficient (Wildman–Crippen LogP) is 3.97. The number of rotatable bonds is 1. The fourth-order valence-corrected chi connectivity index (χ4v) is 4.34. The quantitative estimate of drug-likeness (QED) is 0.681. The van der Waals surface area contributed by atoms with Crippen molar-refractivity contribution in [3.8, 4) is 6.07 Å². The summed E-state index contributed by atoms with van der Waals surface area (Å²) in [5, 5.41) is 11.2. The summed E-state index contributed by atoms with van der Waals surface area (Å²) in [5.41, 5.74) is 4.15. The number of nitriles is 1. The lowest BCUT2D eigenvalue weighted by atomic mass is 9.87. The van der Waals surface area contributed by atoms with Crippen LogP contribution >= 0.6 is 11.3 Å². The number of aromatic nitrogens is 2. The van der Waals surface area contributed by atoms with Crippen molar-refractivity contribution in [2.75, 3.05) is 0 Å². The average Bonchev–Trinajstić information content (AvgIpc) is 3.11. The van der Waals surface area contributed by atoms with E-state index >= 15 is 0 Å². The van der Waals surface area contributed by atoms with Gasteiger partial charge in [0.25, 0.3) is 0 Å². The minimum atomic E-state index is 0.392.